The third-order valence-corrected chi connectivity index (χ3v) is 12.8. The number of aliphatic hydroxyl groups is 3. The van der Waals surface area contributed by atoms with Crippen LogP contribution in [0.15, 0.2) is 30.3 Å². The standard InChI is InChI=1S/C19H27NO3.C15H27NO4.C10H19NO2.C4H8O.CH4O/c1-14-11-18(12-14)23-17-9-7-16(8-10-17)20-19(21)22-13-15-5-3-2-4-6-15;1-15(2,3)20-14(18)16-10-4-6-12(7-5-10)19-13-8-11(17)9-13;11-7-1-3-9(4-2-7)13-10-5-8(12)6-10;1-2-4-5-3-1;1-2/h2-6,14,16-18H,7-13H2,1H3,(H,20,21);10-13,17H,4-9H2,1-3H3,(H,16,18);7-10,12H,1-6,11H2;1-4H2;2H,1H3. The van der Waals surface area contributed by atoms with E-state index in [2.05, 4.69) is 17.6 Å². The summed E-state index contributed by atoms with van der Waals surface area (Å²) in [5, 5.41) is 31.2. The van der Waals surface area contributed by atoms with E-state index in [9.17, 15) is 14.7 Å². The quantitative estimate of drug-likeness (QED) is 0.135. The topological polar surface area (TPSA) is 200 Å². The highest BCUT2D eigenvalue weighted by Crippen LogP contribution is 2.34. The van der Waals surface area contributed by atoms with Gasteiger partial charge in [0.05, 0.1) is 48.8 Å². The Kier molecular flexibility index (Phi) is 24.0. The first-order valence-corrected chi connectivity index (χ1v) is 24.3. The van der Waals surface area contributed by atoms with Crippen molar-refractivity contribution in [1.82, 2.24) is 10.6 Å². The number of hydrogen-bond acceptors (Lipinski definition) is 12. The minimum absolute atomic E-state index is 0.101. The second-order valence-corrected chi connectivity index (χ2v) is 19.8. The minimum Gasteiger partial charge on any atom is -0.445 e. The molecule has 2 amide bonds. The van der Waals surface area contributed by atoms with Crippen molar-refractivity contribution >= 4 is 12.2 Å². The van der Waals surface area contributed by atoms with Crippen LogP contribution >= 0.6 is 0 Å². The van der Waals surface area contributed by atoms with Gasteiger partial charge in [0, 0.05) is 38.4 Å². The van der Waals surface area contributed by atoms with Crippen molar-refractivity contribution in [2.45, 2.75) is 235 Å². The molecule has 7 aliphatic rings. The van der Waals surface area contributed by atoms with E-state index in [0.29, 0.717) is 37.1 Å². The smallest absolute Gasteiger partial charge is 0.407 e. The molecule has 14 heteroatoms. The summed E-state index contributed by atoms with van der Waals surface area (Å²) in [6.45, 7) is 10.2. The summed E-state index contributed by atoms with van der Waals surface area (Å²) in [4.78, 5) is 23.6. The number of alkyl carbamates (subject to hydrolysis) is 2. The third-order valence-electron chi connectivity index (χ3n) is 12.8. The van der Waals surface area contributed by atoms with Crippen molar-refractivity contribution in [3.63, 3.8) is 0 Å². The largest absolute Gasteiger partial charge is 0.445 e. The highest BCUT2D eigenvalue weighted by molar-refractivity contribution is 5.68. The normalized spacial score (nSPS) is 33.3. The maximum atomic E-state index is 11.9. The van der Waals surface area contributed by atoms with Crippen LogP contribution in [0.3, 0.4) is 0 Å². The van der Waals surface area contributed by atoms with Gasteiger partial charge in [0.15, 0.2) is 0 Å². The summed E-state index contributed by atoms with van der Waals surface area (Å²) in [6, 6.07) is 10.6. The van der Waals surface area contributed by atoms with Crippen LogP contribution in [-0.2, 0) is 35.0 Å². The number of benzene rings is 1. The number of nitrogens with one attached hydrogen (secondary N) is 2. The van der Waals surface area contributed by atoms with Crippen molar-refractivity contribution < 1.29 is 53.3 Å². The minimum atomic E-state index is -0.449. The Morgan fingerprint density at radius 1 is 0.635 bits per heavy atom. The SMILES string of the molecule is C1CCOC1.CC(C)(C)OC(=O)NC1CCC(OC2CC(O)C2)CC1.CC1CC(OC2CCC(NC(=O)OCc3ccccc3)CC2)C1.CO.NC1CCC(OC2CC(O)C2)CC1. The molecule has 0 atom stereocenters. The number of hydrogen-bond donors (Lipinski definition) is 6. The summed E-state index contributed by atoms with van der Waals surface area (Å²) in [5.74, 6) is 0.831. The fourth-order valence-corrected chi connectivity index (χ4v) is 8.88. The Labute approximate surface area is 378 Å². The molecule has 6 saturated carbocycles. The molecule has 7 N–H and O–H groups in total. The van der Waals surface area contributed by atoms with E-state index in [1.807, 2.05) is 51.1 Å². The van der Waals surface area contributed by atoms with Crippen LogP contribution in [0.2, 0.25) is 0 Å². The Morgan fingerprint density at radius 2 is 1.05 bits per heavy atom. The van der Waals surface area contributed by atoms with Crippen LogP contribution in [0.25, 0.3) is 0 Å². The summed E-state index contributed by atoms with van der Waals surface area (Å²) in [7, 11) is 1.00. The molecule has 1 saturated heterocycles. The fourth-order valence-electron chi connectivity index (χ4n) is 8.88. The van der Waals surface area contributed by atoms with Crippen LogP contribution in [0.5, 0.6) is 0 Å². The molecule has 1 aliphatic heterocycles. The Hall–Kier alpha value is -2.56. The van der Waals surface area contributed by atoms with E-state index in [4.69, 9.17) is 44.4 Å². The number of amides is 2. The molecule has 1 heterocycles. The second-order valence-electron chi connectivity index (χ2n) is 19.8. The number of rotatable bonds is 10. The summed E-state index contributed by atoms with van der Waals surface area (Å²) >= 11 is 0. The van der Waals surface area contributed by atoms with E-state index in [1.54, 1.807) is 0 Å². The maximum Gasteiger partial charge on any atom is 0.407 e. The molecular formula is C49H85N3O11. The fraction of sp³-hybridized carbons (Fsp3) is 0.837. The first kappa shape index (κ1) is 53.1. The molecule has 7 fully saturated rings. The molecule has 0 spiro atoms. The number of nitrogens with two attached hydrogens (primary N) is 1. The molecular weight excluding hydrogens is 807 g/mol. The van der Waals surface area contributed by atoms with Gasteiger partial charge in [0.25, 0.3) is 0 Å². The molecule has 63 heavy (non-hydrogen) atoms. The Bertz CT molecular complexity index is 1350. The Balaban J connectivity index is 0.000000197. The number of carbonyl (C=O) groups is 2. The van der Waals surface area contributed by atoms with Crippen LogP contribution < -0.4 is 16.4 Å². The van der Waals surface area contributed by atoms with E-state index < -0.39 is 5.60 Å². The lowest BCUT2D eigenvalue weighted by atomic mass is 9.83. The summed E-state index contributed by atoms with van der Waals surface area (Å²) in [5.41, 5.74) is 6.36. The molecule has 6 aliphatic carbocycles. The lowest BCUT2D eigenvalue weighted by molar-refractivity contribution is -0.113. The first-order chi connectivity index (χ1) is 30.2. The molecule has 0 unspecified atom stereocenters. The van der Waals surface area contributed by atoms with Crippen LogP contribution in [0.1, 0.15) is 162 Å². The van der Waals surface area contributed by atoms with Gasteiger partial charge in [-0.3, -0.25) is 0 Å². The second kappa shape index (κ2) is 28.5. The highest BCUT2D eigenvalue weighted by atomic mass is 16.6. The van der Waals surface area contributed by atoms with Gasteiger partial charge >= 0.3 is 12.2 Å². The van der Waals surface area contributed by atoms with Crippen molar-refractivity contribution in [1.29, 1.82) is 0 Å². The lowest BCUT2D eigenvalue weighted by Crippen LogP contribution is -2.43. The Morgan fingerprint density at radius 3 is 1.43 bits per heavy atom. The molecule has 0 bridgehead atoms. The van der Waals surface area contributed by atoms with Gasteiger partial charge in [-0.15, -0.1) is 0 Å². The molecule has 362 valence electrons. The van der Waals surface area contributed by atoms with Crippen LogP contribution in [0.4, 0.5) is 9.59 Å². The average molecular weight is 892 g/mol. The maximum absolute atomic E-state index is 11.9. The van der Waals surface area contributed by atoms with E-state index in [-0.39, 0.29) is 48.7 Å². The zero-order chi connectivity index (χ0) is 45.6. The first-order valence-electron chi connectivity index (χ1n) is 24.3. The highest BCUT2D eigenvalue weighted by Gasteiger charge is 2.34. The number of aliphatic hydroxyl groups excluding tert-OH is 3. The zero-order valence-corrected chi connectivity index (χ0v) is 39.3. The number of carbonyl (C=O) groups excluding carboxylic acids is 2. The van der Waals surface area contributed by atoms with Crippen molar-refractivity contribution in [2.24, 2.45) is 11.7 Å². The molecule has 8 rings (SSSR count). The van der Waals surface area contributed by atoms with Gasteiger partial charge < -0.3 is 60.1 Å². The summed E-state index contributed by atoms with van der Waals surface area (Å²) in [6.07, 6.45) is 21.6. The van der Waals surface area contributed by atoms with Gasteiger partial charge in [-0.05, 0) is 161 Å². The van der Waals surface area contributed by atoms with E-state index >= 15 is 0 Å². The molecule has 0 radical (unpaired) electrons. The van der Waals surface area contributed by atoms with Gasteiger partial charge in [-0.1, -0.05) is 37.3 Å². The third kappa shape index (κ3) is 22.0. The van der Waals surface area contributed by atoms with Gasteiger partial charge in [-0.2, -0.15) is 0 Å². The molecule has 1 aromatic carbocycles. The molecule has 0 aromatic heterocycles. The predicted octanol–water partition coefficient (Wildman–Crippen LogP) is 7.60. The van der Waals surface area contributed by atoms with Gasteiger partial charge in [-0.25, -0.2) is 9.59 Å². The lowest BCUT2D eigenvalue weighted by Gasteiger charge is -2.38. The molecule has 1 aromatic rings. The van der Waals surface area contributed by atoms with E-state index in [1.165, 1.54) is 25.7 Å². The van der Waals surface area contributed by atoms with Gasteiger partial charge in [0.2, 0.25) is 0 Å². The monoisotopic (exact) mass is 892 g/mol. The predicted molar refractivity (Wildman–Crippen MR) is 243 cm³/mol. The van der Waals surface area contributed by atoms with Crippen LogP contribution in [0, 0.1) is 5.92 Å². The van der Waals surface area contributed by atoms with Crippen LogP contribution in [-0.4, -0.2) is 120 Å². The average Bonchev–Trinajstić information content (AvgIpc) is 3.83. The van der Waals surface area contributed by atoms with E-state index in [0.717, 1.165) is 135 Å². The van der Waals surface area contributed by atoms with Crippen molar-refractivity contribution in [3.05, 3.63) is 35.9 Å². The number of ether oxygens (including phenoxy) is 6. The molecule has 14 nitrogen and oxygen atoms in total. The van der Waals surface area contributed by atoms with Crippen molar-refractivity contribution in [3.8, 4) is 0 Å². The van der Waals surface area contributed by atoms with Crippen molar-refractivity contribution in [2.75, 3.05) is 20.3 Å². The zero-order valence-electron chi connectivity index (χ0n) is 39.3. The van der Waals surface area contributed by atoms with Gasteiger partial charge in [0.1, 0.15) is 12.2 Å². The summed E-state index contributed by atoms with van der Waals surface area (Å²) < 4.78 is 33.4.